The molecule has 0 spiro atoms. The molecule has 1 aromatic heterocycles. The second-order valence-corrected chi connectivity index (χ2v) is 8.59. The van der Waals surface area contributed by atoms with Crippen LogP contribution in [0.2, 0.25) is 0 Å². The molecule has 0 bridgehead atoms. The number of thiophene rings is 1. The van der Waals surface area contributed by atoms with Gasteiger partial charge in [-0.05, 0) is 36.2 Å². The summed E-state index contributed by atoms with van der Waals surface area (Å²) in [6.07, 6.45) is 0. The van der Waals surface area contributed by atoms with E-state index in [1.165, 1.54) is 17.4 Å². The first-order valence-electron chi connectivity index (χ1n) is 10.2. The summed E-state index contributed by atoms with van der Waals surface area (Å²) in [6, 6.07) is 15.3. The molecule has 1 atom stereocenters. The van der Waals surface area contributed by atoms with Crippen LogP contribution < -0.4 is 4.90 Å². The monoisotopic (exact) mass is 442 g/mol. The highest BCUT2D eigenvalue weighted by molar-refractivity contribution is 7.18. The fourth-order valence-electron chi connectivity index (χ4n) is 3.66. The summed E-state index contributed by atoms with van der Waals surface area (Å²) in [4.78, 5) is 17.7. The van der Waals surface area contributed by atoms with Crippen molar-refractivity contribution in [3.63, 3.8) is 0 Å². The lowest BCUT2D eigenvalue weighted by atomic mass is 10.1. The largest absolute Gasteiger partial charge is 0.378 e. The van der Waals surface area contributed by atoms with Gasteiger partial charge in [0, 0.05) is 25.7 Å². The summed E-state index contributed by atoms with van der Waals surface area (Å²) >= 11 is 1.46. The molecule has 1 unspecified atom stereocenters. The maximum atomic E-state index is 13.7. The van der Waals surface area contributed by atoms with Crippen molar-refractivity contribution in [1.29, 1.82) is 0 Å². The average Bonchev–Trinajstić information content (AvgIpc) is 3.26. The topological polar surface area (TPSA) is 32.8 Å². The maximum Gasteiger partial charge on any atom is 0.264 e. The van der Waals surface area contributed by atoms with Crippen LogP contribution in [0.5, 0.6) is 0 Å². The zero-order chi connectivity index (χ0) is 22.0. The van der Waals surface area contributed by atoms with E-state index in [0.29, 0.717) is 23.7 Å². The van der Waals surface area contributed by atoms with Crippen molar-refractivity contribution in [3.05, 3.63) is 76.7 Å². The average molecular weight is 443 g/mol. The third-order valence-electron chi connectivity index (χ3n) is 5.63. The van der Waals surface area contributed by atoms with Gasteiger partial charge in [-0.3, -0.25) is 4.79 Å². The predicted molar refractivity (Wildman–Crippen MR) is 120 cm³/mol. The molecule has 1 saturated heterocycles. The minimum Gasteiger partial charge on any atom is -0.378 e. The second kappa shape index (κ2) is 9.16. The lowest BCUT2D eigenvalue weighted by molar-refractivity contribution is 0.0747. The Morgan fingerprint density at radius 1 is 1.06 bits per heavy atom. The number of hydrogen-bond acceptors (Lipinski definition) is 4. The number of ether oxygens (including phenoxy) is 1. The van der Waals surface area contributed by atoms with Crippen LogP contribution in [0.3, 0.4) is 0 Å². The highest BCUT2D eigenvalue weighted by Gasteiger charge is 2.26. The normalized spacial score (nSPS) is 15.0. The van der Waals surface area contributed by atoms with Gasteiger partial charge in [0.05, 0.1) is 29.1 Å². The third kappa shape index (κ3) is 4.48. The molecule has 4 nitrogen and oxygen atoms in total. The number of nitrogens with zero attached hydrogens (tertiary/aromatic N) is 2. The summed E-state index contributed by atoms with van der Waals surface area (Å²) in [7, 11) is 1.69. The van der Waals surface area contributed by atoms with Crippen LogP contribution in [0.4, 0.5) is 13.8 Å². The van der Waals surface area contributed by atoms with E-state index in [1.807, 2.05) is 36.4 Å². The molecule has 1 amide bonds. The number of anilines is 1. The summed E-state index contributed by atoms with van der Waals surface area (Å²) in [5, 5.41) is 1.05. The Balaban J connectivity index is 1.65. The van der Waals surface area contributed by atoms with Crippen molar-refractivity contribution in [3.8, 4) is 11.1 Å². The SMILES string of the molecule is CC(c1ccc(F)c(F)c1)N(C)C(=O)c1cc(-c2ccccc2)c(N2CCOCC2)s1. The van der Waals surface area contributed by atoms with Gasteiger partial charge in [-0.15, -0.1) is 11.3 Å². The Kier molecular flexibility index (Phi) is 6.34. The number of rotatable bonds is 5. The smallest absolute Gasteiger partial charge is 0.264 e. The number of hydrogen-bond donors (Lipinski definition) is 0. The van der Waals surface area contributed by atoms with Gasteiger partial charge in [0.1, 0.15) is 0 Å². The summed E-state index contributed by atoms with van der Waals surface area (Å²) in [6.45, 7) is 4.66. The van der Waals surface area contributed by atoms with Crippen molar-refractivity contribution >= 4 is 22.2 Å². The third-order valence-corrected chi connectivity index (χ3v) is 6.82. The molecule has 162 valence electrons. The molecule has 2 aromatic carbocycles. The van der Waals surface area contributed by atoms with Crippen LogP contribution in [0.1, 0.15) is 28.2 Å². The first-order valence-corrected chi connectivity index (χ1v) is 11.0. The number of benzene rings is 2. The van der Waals surface area contributed by atoms with Crippen molar-refractivity contribution in [2.45, 2.75) is 13.0 Å². The maximum absolute atomic E-state index is 13.7. The minimum absolute atomic E-state index is 0.154. The number of halogens is 2. The summed E-state index contributed by atoms with van der Waals surface area (Å²) < 4.78 is 32.5. The summed E-state index contributed by atoms with van der Waals surface area (Å²) in [5.41, 5.74) is 2.61. The molecule has 1 aliphatic heterocycles. The Morgan fingerprint density at radius 2 is 1.77 bits per heavy atom. The molecular weight excluding hydrogens is 418 g/mol. The Morgan fingerprint density at radius 3 is 2.45 bits per heavy atom. The standard InChI is InChI=1S/C24H24F2N2O2S/c1-16(18-8-9-20(25)21(26)14-18)27(2)23(29)22-15-19(17-6-4-3-5-7-17)24(31-22)28-10-12-30-13-11-28/h3-9,14-16H,10-13H2,1-2H3. The molecule has 7 heteroatoms. The fraction of sp³-hybridized carbons (Fsp3) is 0.292. The van der Waals surface area contributed by atoms with Crippen LogP contribution in [0.25, 0.3) is 11.1 Å². The molecule has 3 aromatic rings. The van der Waals surface area contributed by atoms with E-state index in [0.717, 1.165) is 41.4 Å². The van der Waals surface area contributed by atoms with Gasteiger partial charge < -0.3 is 14.5 Å². The van der Waals surface area contributed by atoms with E-state index >= 15 is 0 Å². The molecule has 0 N–H and O–H groups in total. The highest BCUT2D eigenvalue weighted by atomic mass is 32.1. The molecule has 0 aliphatic carbocycles. The van der Waals surface area contributed by atoms with Crippen molar-refractivity contribution in [2.24, 2.45) is 0 Å². The van der Waals surface area contributed by atoms with Gasteiger partial charge >= 0.3 is 0 Å². The second-order valence-electron chi connectivity index (χ2n) is 7.56. The number of carbonyl (C=O) groups is 1. The van der Waals surface area contributed by atoms with Crippen LogP contribution >= 0.6 is 11.3 Å². The lowest BCUT2D eigenvalue weighted by Crippen LogP contribution is -2.35. The Labute approximate surface area is 184 Å². The molecule has 1 aliphatic rings. The van der Waals surface area contributed by atoms with E-state index in [2.05, 4.69) is 4.90 Å². The van der Waals surface area contributed by atoms with E-state index in [9.17, 15) is 13.6 Å². The molecular formula is C24H24F2N2O2S. The zero-order valence-corrected chi connectivity index (χ0v) is 18.3. The molecule has 0 radical (unpaired) electrons. The molecule has 0 saturated carbocycles. The van der Waals surface area contributed by atoms with Crippen LogP contribution in [0.15, 0.2) is 54.6 Å². The highest BCUT2D eigenvalue weighted by Crippen LogP contribution is 2.40. The van der Waals surface area contributed by atoms with Crippen LogP contribution in [-0.2, 0) is 4.74 Å². The summed E-state index contributed by atoms with van der Waals surface area (Å²) in [5.74, 6) is -1.97. The Bertz CT molecular complexity index is 1060. The first-order chi connectivity index (χ1) is 15.0. The number of morpholine rings is 1. The van der Waals surface area contributed by atoms with Gasteiger partial charge in [-0.2, -0.15) is 0 Å². The van der Waals surface area contributed by atoms with E-state index < -0.39 is 17.7 Å². The van der Waals surface area contributed by atoms with E-state index in [1.54, 1.807) is 18.9 Å². The Hall–Kier alpha value is -2.77. The van der Waals surface area contributed by atoms with Gasteiger partial charge in [0.2, 0.25) is 0 Å². The van der Waals surface area contributed by atoms with Gasteiger partial charge in [-0.1, -0.05) is 36.4 Å². The molecule has 1 fully saturated rings. The number of amides is 1. The van der Waals surface area contributed by atoms with E-state index in [4.69, 9.17) is 4.74 Å². The van der Waals surface area contributed by atoms with Gasteiger partial charge in [0.15, 0.2) is 11.6 Å². The van der Waals surface area contributed by atoms with Gasteiger partial charge in [0.25, 0.3) is 5.91 Å². The van der Waals surface area contributed by atoms with E-state index in [-0.39, 0.29) is 5.91 Å². The van der Waals surface area contributed by atoms with Crippen LogP contribution in [-0.4, -0.2) is 44.2 Å². The molecule has 4 rings (SSSR count). The minimum atomic E-state index is -0.915. The van der Waals surface area contributed by atoms with Crippen molar-refractivity contribution in [1.82, 2.24) is 4.90 Å². The fourth-order valence-corrected chi connectivity index (χ4v) is 4.87. The predicted octanol–water partition coefficient (Wildman–Crippen LogP) is 5.36. The zero-order valence-electron chi connectivity index (χ0n) is 17.5. The molecule has 2 heterocycles. The lowest BCUT2D eigenvalue weighted by Gasteiger charge is -2.28. The van der Waals surface area contributed by atoms with Gasteiger partial charge in [-0.25, -0.2) is 8.78 Å². The van der Waals surface area contributed by atoms with Crippen LogP contribution in [0, 0.1) is 11.6 Å². The van der Waals surface area contributed by atoms with Crippen molar-refractivity contribution < 1.29 is 18.3 Å². The van der Waals surface area contributed by atoms with Crippen molar-refractivity contribution in [2.75, 3.05) is 38.3 Å². The molecule has 31 heavy (non-hydrogen) atoms. The first kappa shape index (κ1) is 21.5. The number of carbonyl (C=O) groups excluding carboxylic acids is 1. The quantitative estimate of drug-likeness (QED) is 0.533.